The van der Waals surface area contributed by atoms with Crippen LogP contribution in [0.5, 0.6) is 0 Å². The van der Waals surface area contributed by atoms with E-state index in [2.05, 4.69) is 0 Å². The maximum atomic E-state index is 11.8. The summed E-state index contributed by atoms with van der Waals surface area (Å²) in [5.74, 6) is 0.163. The molecule has 0 saturated carbocycles. The van der Waals surface area contributed by atoms with E-state index in [-0.39, 0.29) is 11.8 Å². The Hall–Kier alpha value is -0.390. The summed E-state index contributed by atoms with van der Waals surface area (Å²) in [5, 5.41) is 1.96. The number of sulfonamides is 1. The second-order valence-corrected chi connectivity index (χ2v) is 6.86. The zero-order valence-electron chi connectivity index (χ0n) is 9.30. The van der Waals surface area contributed by atoms with Crippen molar-refractivity contribution in [2.24, 2.45) is 0 Å². The Bertz CT molecular complexity index is 382. The van der Waals surface area contributed by atoms with Crippen LogP contribution in [0.2, 0.25) is 0 Å². The first-order valence-electron chi connectivity index (χ1n) is 4.99. The van der Waals surface area contributed by atoms with Crippen LogP contribution in [0.15, 0.2) is 17.5 Å². The van der Waals surface area contributed by atoms with Gasteiger partial charge in [0.15, 0.2) is 0 Å². The molecular formula is C10H17NO2S2. The van der Waals surface area contributed by atoms with Crippen molar-refractivity contribution in [3.05, 3.63) is 22.4 Å². The molecule has 0 unspecified atom stereocenters. The molecule has 5 heteroatoms. The van der Waals surface area contributed by atoms with Crippen molar-refractivity contribution in [1.29, 1.82) is 0 Å². The lowest BCUT2D eigenvalue weighted by Gasteiger charge is -2.24. The van der Waals surface area contributed by atoms with Crippen LogP contribution in [0.25, 0.3) is 0 Å². The highest BCUT2D eigenvalue weighted by Crippen LogP contribution is 2.17. The highest BCUT2D eigenvalue weighted by atomic mass is 32.2. The molecule has 0 fully saturated rings. The molecule has 1 heterocycles. The molecule has 1 aromatic rings. The van der Waals surface area contributed by atoms with Crippen molar-refractivity contribution in [2.75, 3.05) is 5.75 Å². The molecule has 15 heavy (non-hydrogen) atoms. The highest BCUT2D eigenvalue weighted by Gasteiger charge is 2.23. The average molecular weight is 247 g/mol. The van der Waals surface area contributed by atoms with Gasteiger partial charge < -0.3 is 0 Å². The Morgan fingerprint density at radius 1 is 1.47 bits per heavy atom. The normalized spacial score (nSPS) is 12.6. The van der Waals surface area contributed by atoms with Crippen molar-refractivity contribution in [2.45, 2.75) is 33.4 Å². The zero-order valence-corrected chi connectivity index (χ0v) is 10.9. The van der Waals surface area contributed by atoms with Crippen LogP contribution in [-0.2, 0) is 16.6 Å². The molecule has 86 valence electrons. The Kier molecular flexibility index (Phi) is 4.31. The predicted molar refractivity (Wildman–Crippen MR) is 64.5 cm³/mol. The number of hydrogen-bond donors (Lipinski definition) is 0. The molecule has 0 N–H and O–H groups in total. The fourth-order valence-corrected chi connectivity index (χ4v) is 3.42. The van der Waals surface area contributed by atoms with Gasteiger partial charge in [0, 0.05) is 17.5 Å². The van der Waals surface area contributed by atoms with Gasteiger partial charge in [-0.1, -0.05) is 6.07 Å². The van der Waals surface area contributed by atoms with Gasteiger partial charge in [0.25, 0.3) is 0 Å². The molecule has 0 aliphatic carbocycles. The van der Waals surface area contributed by atoms with E-state index in [0.717, 1.165) is 4.88 Å². The van der Waals surface area contributed by atoms with E-state index in [9.17, 15) is 8.42 Å². The maximum Gasteiger partial charge on any atom is 0.214 e. The SMILES string of the molecule is CCS(=O)(=O)N(Cc1cccs1)C(C)C. The zero-order chi connectivity index (χ0) is 11.5. The minimum Gasteiger partial charge on any atom is -0.212 e. The molecule has 3 nitrogen and oxygen atoms in total. The van der Waals surface area contributed by atoms with Gasteiger partial charge in [-0.3, -0.25) is 0 Å². The third-order valence-electron chi connectivity index (χ3n) is 2.19. The molecule has 0 atom stereocenters. The lowest BCUT2D eigenvalue weighted by molar-refractivity contribution is 0.351. The van der Waals surface area contributed by atoms with Crippen molar-refractivity contribution in [1.82, 2.24) is 4.31 Å². The molecule has 0 amide bonds. The summed E-state index contributed by atoms with van der Waals surface area (Å²) in [7, 11) is -3.10. The van der Waals surface area contributed by atoms with Crippen LogP contribution in [0.1, 0.15) is 25.6 Å². The summed E-state index contributed by atoms with van der Waals surface area (Å²) in [5.41, 5.74) is 0. The Labute approximate surface area is 95.8 Å². The Morgan fingerprint density at radius 3 is 2.53 bits per heavy atom. The fourth-order valence-electron chi connectivity index (χ4n) is 1.32. The van der Waals surface area contributed by atoms with Crippen LogP contribution >= 0.6 is 11.3 Å². The minimum atomic E-state index is -3.10. The second kappa shape index (κ2) is 5.09. The lowest BCUT2D eigenvalue weighted by Crippen LogP contribution is -2.37. The number of hydrogen-bond acceptors (Lipinski definition) is 3. The monoisotopic (exact) mass is 247 g/mol. The van der Waals surface area contributed by atoms with E-state index in [1.165, 1.54) is 0 Å². The Morgan fingerprint density at radius 2 is 2.13 bits per heavy atom. The summed E-state index contributed by atoms with van der Waals surface area (Å²) < 4.78 is 25.1. The van der Waals surface area contributed by atoms with Gasteiger partial charge in [-0.15, -0.1) is 11.3 Å². The van der Waals surface area contributed by atoms with Gasteiger partial charge in [0.2, 0.25) is 10.0 Å². The van der Waals surface area contributed by atoms with Gasteiger partial charge in [0.1, 0.15) is 0 Å². The van der Waals surface area contributed by atoms with Crippen molar-refractivity contribution in [3.63, 3.8) is 0 Å². The van der Waals surface area contributed by atoms with Crippen molar-refractivity contribution < 1.29 is 8.42 Å². The minimum absolute atomic E-state index is 0.0112. The molecular weight excluding hydrogens is 230 g/mol. The summed E-state index contributed by atoms with van der Waals surface area (Å²) in [6.45, 7) is 5.98. The van der Waals surface area contributed by atoms with E-state index in [1.807, 2.05) is 31.4 Å². The first-order chi connectivity index (χ1) is 6.97. The fraction of sp³-hybridized carbons (Fsp3) is 0.600. The quantitative estimate of drug-likeness (QED) is 0.800. The van der Waals surface area contributed by atoms with E-state index < -0.39 is 10.0 Å². The predicted octanol–water partition coefficient (Wildman–Crippen LogP) is 2.31. The van der Waals surface area contributed by atoms with E-state index in [4.69, 9.17) is 0 Å². The Balaban J connectivity index is 2.85. The molecule has 1 aromatic heterocycles. The summed E-state index contributed by atoms with van der Waals surface area (Å²) in [4.78, 5) is 1.08. The first kappa shape index (κ1) is 12.7. The third kappa shape index (κ3) is 3.29. The topological polar surface area (TPSA) is 37.4 Å². The summed E-state index contributed by atoms with van der Waals surface area (Å²) in [6.07, 6.45) is 0. The molecule has 0 aliphatic rings. The average Bonchev–Trinajstić information content (AvgIpc) is 2.65. The standard InChI is InChI=1S/C10H17NO2S2/c1-4-15(12,13)11(9(2)3)8-10-6-5-7-14-10/h5-7,9H,4,8H2,1-3H3. The van der Waals surface area contributed by atoms with Crippen LogP contribution in [0.4, 0.5) is 0 Å². The summed E-state index contributed by atoms with van der Waals surface area (Å²) in [6, 6.07) is 3.92. The van der Waals surface area contributed by atoms with Gasteiger partial charge in [-0.25, -0.2) is 8.42 Å². The van der Waals surface area contributed by atoms with Gasteiger partial charge >= 0.3 is 0 Å². The second-order valence-electron chi connectivity index (χ2n) is 3.62. The van der Waals surface area contributed by atoms with Gasteiger partial charge in [-0.2, -0.15) is 4.31 Å². The molecule has 1 rings (SSSR count). The first-order valence-corrected chi connectivity index (χ1v) is 7.48. The lowest BCUT2D eigenvalue weighted by atomic mass is 10.4. The highest BCUT2D eigenvalue weighted by molar-refractivity contribution is 7.89. The number of rotatable bonds is 5. The summed E-state index contributed by atoms with van der Waals surface area (Å²) >= 11 is 1.59. The molecule has 0 aliphatic heterocycles. The van der Waals surface area contributed by atoms with Gasteiger partial charge in [-0.05, 0) is 32.2 Å². The third-order valence-corrected chi connectivity index (χ3v) is 5.05. The van der Waals surface area contributed by atoms with Crippen molar-refractivity contribution in [3.8, 4) is 0 Å². The van der Waals surface area contributed by atoms with Crippen LogP contribution in [-0.4, -0.2) is 24.5 Å². The van der Waals surface area contributed by atoms with Crippen LogP contribution < -0.4 is 0 Å². The van der Waals surface area contributed by atoms with Crippen LogP contribution in [0, 0.1) is 0 Å². The van der Waals surface area contributed by atoms with E-state index >= 15 is 0 Å². The largest absolute Gasteiger partial charge is 0.214 e. The molecule has 0 spiro atoms. The van der Waals surface area contributed by atoms with Crippen LogP contribution in [0.3, 0.4) is 0 Å². The smallest absolute Gasteiger partial charge is 0.212 e. The molecule has 0 bridgehead atoms. The van der Waals surface area contributed by atoms with E-state index in [1.54, 1.807) is 22.6 Å². The van der Waals surface area contributed by atoms with E-state index in [0.29, 0.717) is 6.54 Å². The molecule has 0 radical (unpaired) electrons. The van der Waals surface area contributed by atoms with Crippen molar-refractivity contribution >= 4 is 21.4 Å². The number of nitrogens with zero attached hydrogens (tertiary/aromatic N) is 1. The maximum absolute atomic E-state index is 11.8. The molecule has 0 aromatic carbocycles. The van der Waals surface area contributed by atoms with Gasteiger partial charge in [0.05, 0.1) is 5.75 Å². The number of thiophene rings is 1. The molecule has 0 saturated heterocycles.